The lowest BCUT2D eigenvalue weighted by atomic mass is 9.98. The van der Waals surface area contributed by atoms with Gasteiger partial charge in [-0.25, -0.2) is 4.79 Å². The zero-order chi connectivity index (χ0) is 53.3. The number of aliphatic hydroxyl groups is 2. The van der Waals surface area contributed by atoms with Gasteiger partial charge in [0.1, 0.15) is 18.8 Å². The van der Waals surface area contributed by atoms with Gasteiger partial charge < -0.3 is 39.0 Å². The molecular weight excluding hydrogens is 925 g/mol. The van der Waals surface area contributed by atoms with E-state index in [1.54, 1.807) is 0 Å². The molecule has 1 rings (SSSR count). The molecule has 0 radical (unpaired) electrons. The molecule has 1 fully saturated rings. The maximum absolute atomic E-state index is 13.1. The lowest BCUT2D eigenvalue weighted by Gasteiger charge is -2.40. The van der Waals surface area contributed by atoms with E-state index < -0.39 is 67.3 Å². The second-order valence-corrected chi connectivity index (χ2v) is 19.5. The van der Waals surface area contributed by atoms with Crippen molar-refractivity contribution < 1.29 is 58.2 Å². The SMILES string of the molecule is CC/C=C\C/C=C\C/C=C\C/C=C\CCC(=O)OC(COC(=O)CCCCCCCCCCC/C=C\CCCCCCCC)COC1OC(C(=O)O)C(O)C(O)C1OC(=O)CCCCCCC/C=C\CCCC. The summed E-state index contributed by atoms with van der Waals surface area (Å²) >= 11 is 0. The molecule has 0 aromatic carbocycles. The van der Waals surface area contributed by atoms with Crippen LogP contribution in [0.3, 0.4) is 0 Å². The Morgan fingerprint density at radius 1 is 0.466 bits per heavy atom. The quantitative estimate of drug-likeness (QED) is 0.0228. The largest absolute Gasteiger partial charge is 0.479 e. The number of aliphatic carboxylic acids is 1. The van der Waals surface area contributed by atoms with Gasteiger partial charge in [-0.3, -0.25) is 14.4 Å². The molecule has 12 heteroatoms. The van der Waals surface area contributed by atoms with Gasteiger partial charge in [0.05, 0.1) is 6.61 Å². The van der Waals surface area contributed by atoms with Crippen LogP contribution < -0.4 is 0 Å². The molecule has 1 aliphatic heterocycles. The number of rotatable bonds is 48. The number of ether oxygens (including phenoxy) is 5. The minimum Gasteiger partial charge on any atom is -0.479 e. The molecule has 0 saturated carbocycles. The van der Waals surface area contributed by atoms with E-state index in [2.05, 4.69) is 81.5 Å². The number of hydrogen-bond acceptors (Lipinski definition) is 11. The van der Waals surface area contributed by atoms with Gasteiger partial charge in [-0.2, -0.15) is 0 Å². The van der Waals surface area contributed by atoms with E-state index in [1.807, 2.05) is 12.2 Å². The summed E-state index contributed by atoms with van der Waals surface area (Å²) in [6, 6.07) is 0. The summed E-state index contributed by atoms with van der Waals surface area (Å²) < 4.78 is 28.3. The molecule has 0 aromatic rings. The fraction of sp³-hybridized carbons (Fsp3) is 0.738. The van der Waals surface area contributed by atoms with Gasteiger partial charge in [0, 0.05) is 19.3 Å². The van der Waals surface area contributed by atoms with Crippen molar-refractivity contribution in [1.29, 1.82) is 0 Å². The Morgan fingerprint density at radius 3 is 1.41 bits per heavy atom. The van der Waals surface area contributed by atoms with Crippen molar-refractivity contribution in [2.24, 2.45) is 0 Å². The summed E-state index contributed by atoms with van der Waals surface area (Å²) in [6.07, 6.45) is 49.1. The number of unbranched alkanes of at least 4 members (excludes halogenated alkanes) is 22. The minimum atomic E-state index is -1.92. The third-order valence-electron chi connectivity index (χ3n) is 12.8. The Labute approximate surface area is 442 Å². The summed E-state index contributed by atoms with van der Waals surface area (Å²) in [7, 11) is 0. The normalized spacial score (nSPS) is 18.8. The smallest absolute Gasteiger partial charge is 0.335 e. The van der Waals surface area contributed by atoms with Crippen molar-refractivity contribution in [3.63, 3.8) is 0 Å². The summed E-state index contributed by atoms with van der Waals surface area (Å²) in [5, 5.41) is 31.4. The Hall–Kier alpha value is -3.84. The van der Waals surface area contributed by atoms with Crippen LogP contribution in [0.4, 0.5) is 0 Å². The first-order valence-electron chi connectivity index (χ1n) is 28.9. The third kappa shape index (κ3) is 39.3. The van der Waals surface area contributed by atoms with Gasteiger partial charge in [-0.15, -0.1) is 0 Å². The van der Waals surface area contributed by atoms with Crippen molar-refractivity contribution in [2.45, 2.75) is 276 Å². The first-order valence-corrected chi connectivity index (χ1v) is 28.9. The average Bonchev–Trinajstić information content (AvgIpc) is 3.37. The molecule has 0 aromatic heterocycles. The Kier molecular flexibility index (Phi) is 45.1. The monoisotopic (exact) mass is 1030 g/mol. The molecule has 1 aliphatic rings. The van der Waals surface area contributed by atoms with E-state index in [9.17, 15) is 34.5 Å². The third-order valence-corrected chi connectivity index (χ3v) is 12.8. The van der Waals surface area contributed by atoms with E-state index in [0.717, 1.165) is 77.0 Å². The molecule has 3 N–H and O–H groups in total. The first kappa shape index (κ1) is 67.2. The van der Waals surface area contributed by atoms with Crippen LogP contribution in [-0.4, -0.2) is 89.2 Å². The summed E-state index contributed by atoms with van der Waals surface area (Å²) in [5.74, 6) is -3.24. The van der Waals surface area contributed by atoms with Gasteiger partial charge in [-0.1, -0.05) is 203 Å². The fourth-order valence-electron chi connectivity index (χ4n) is 8.30. The molecule has 6 atom stereocenters. The molecule has 0 aliphatic carbocycles. The first-order chi connectivity index (χ1) is 35.6. The fourth-order valence-corrected chi connectivity index (χ4v) is 8.30. The number of carboxylic acids is 1. The predicted octanol–water partition coefficient (Wildman–Crippen LogP) is 14.6. The summed E-state index contributed by atoms with van der Waals surface area (Å²) in [4.78, 5) is 50.9. The van der Waals surface area contributed by atoms with E-state index in [4.69, 9.17) is 23.7 Å². The molecular formula is C61H102O12. The van der Waals surface area contributed by atoms with E-state index in [1.165, 1.54) is 96.3 Å². The minimum absolute atomic E-state index is 0.0393. The lowest BCUT2D eigenvalue weighted by Crippen LogP contribution is -2.61. The topological polar surface area (TPSA) is 175 Å². The van der Waals surface area contributed by atoms with Crippen LogP contribution >= 0.6 is 0 Å². The van der Waals surface area contributed by atoms with Crippen molar-refractivity contribution in [3.05, 3.63) is 72.9 Å². The molecule has 0 amide bonds. The average molecular weight is 1030 g/mol. The van der Waals surface area contributed by atoms with Gasteiger partial charge in [0.15, 0.2) is 24.6 Å². The molecule has 1 saturated heterocycles. The number of aliphatic hydroxyl groups excluding tert-OH is 2. The lowest BCUT2D eigenvalue weighted by molar-refractivity contribution is -0.301. The highest BCUT2D eigenvalue weighted by molar-refractivity contribution is 5.74. The second-order valence-electron chi connectivity index (χ2n) is 19.5. The van der Waals surface area contributed by atoms with Crippen LogP contribution in [0.1, 0.15) is 239 Å². The van der Waals surface area contributed by atoms with Crippen LogP contribution in [0.25, 0.3) is 0 Å². The molecule has 73 heavy (non-hydrogen) atoms. The van der Waals surface area contributed by atoms with Crippen LogP contribution in [-0.2, 0) is 42.9 Å². The van der Waals surface area contributed by atoms with Crippen molar-refractivity contribution in [1.82, 2.24) is 0 Å². The number of esters is 3. The number of carbonyl (C=O) groups is 4. The van der Waals surface area contributed by atoms with E-state index in [-0.39, 0.29) is 25.9 Å². The van der Waals surface area contributed by atoms with Gasteiger partial charge in [0.25, 0.3) is 0 Å². The Bertz CT molecular complexity index is 1550. The molecule has 0 bridgehead atoms. The van der Waals surface area contributed by atoms with Gasteiger partial charge in [-0.05, 0) is 89.9 Å². The molecule has 6 unspecified atom stereocenters. The number of carboxylic acid groups (broad SMARTS) is 1. The standard InChI is InChI=1S/C61H102O12/c1-4-7-10-13-16-19-22-24-25-26-27-28-29-31-33-35-38-41-44-47-53(62)69-50-52(71-54(63)48-45-42-39-37-34-30-23-20-17-14-11-8-5-2)51-70-61-59(57(66)56(65)58(73-61)60(67)68)72-55(64)49-46-43-40-36-32-21-18-15-12-9-6-3/h8,11,15,17-18,20,24-25,30,34,39,42,52,56-59,61,65-66H,4-7,9-10,12-14,16,19,21-23,26-29,31-33,35-38,40-41,43-51H2,1-3H3,(H,67,68)/b11-8-,18-15-,20-17-,25-24-,34-30-,42-39-. The zero-order valence-electron chi connectivity index (χ0n) is 45.9. The van der Waals surface area contributed by atoms with Gasteiger partial charge in [0.2, 0.25) is 0 Å². The highest BCUT2D eigenvalue weighted by Gasteiger charge is 2.50. The summed E-state index contributed by atoms with van der Waals surface area (Å²) in [5.41, 5.74) is 0. The second kappa shape index (κ2) is 49.1. The highest BCUT2D eigenvalue weighted by Crippen LogP contribution is 2.26. The maximum Gasteiger partial charge on any atom is 0.335 e. The van der Waals surface area contributed by atoms with Crippen LogP contribution in [0.5, 0.6) is 0 Å². The van der Waals surface area contributed by atoms with Gasteiger partial charge >= 0.3 is 23.9 Å². The molecule has 0 spiro atoms. The van der Waals surface area contributed by atoms with Crippen molar-refractivity contribution in [3.8, 4) is 0 Å². The van der Waals surface area contributed by atoms with Crippen molar-refractivity contribution in [2.75, 3.05) is 13.2 Å². The van der Waals surface area contributed by atoms with E-state index >= 15 is 0 Å². The zero-order valence-corrected chi connectivity index (χ0v) is 45.9. The van der Waals surface area contributed by atoms with Crippen LogP contribution in [0, 0.1) is 0 Å². The van der Waals surface area contributed by atoms with Crippen molar-refractivity contribution >= 4 is 23.9 Å². The maximum atomic E-state index is 13.1. The number of allylic oxidation sites excluding steroid dienone is 12. The van der Waals surface area contributed by atoms with Crippen LogP contribution in [0.15, 0.2) is 72.9 Å². The van der Waals surface area contributed by atoms with Crippen LogP contribution in [0.2, 0.25) is 0 Å². The molecule has 418 valence electrons. The Balaban J connectivity index is 2.70. The number of hydrogen-bond donors (Lipinski definition) is 3. The predicted molar refractivity (Wildman–Crippen MR) is 294 cm³/mol. The molecule has 1 heterocycles. The molecule has 12 nitrogen and oxygen atoms in total. The highest BCUT2D eigenvalue weighted by atomic mass is 16.7. The number of carbonyl (C=O) groups excluding carboxylic acids is 3. The van der Waals surface area contributed by atoms with E-state index in [0.29, 0.717) is 25.7 Å². The summed E-state index contributed by atoms with van der Waals surface area (Å²) in [6.45, 7) is 5.75. The Morgan fingerprint density at radius 2 is 0.904 bits per heavy atom.